The van der Waals surface area contributed by atoms with Crippen molar-refractivity contribution in [3.8, 4) is 0 Å². The second-order valence-electron chi connectivity index (χ2n) is 4.24. The van der Waals surface area contributed by atoms with E-state index in [0.29, 0.717) is 6.61 Å². The molecule has 0 fully saturated rings. The molecule has 0 amide bonds. The van der Waals surface area contributed by atoms with Gasteiger partial charge in [-0.05, 0) is 24.5 Å². The zero-order chi connectivity index (χ0) is 12.7. The average molecular weight is 232 g/mol. The van der Waals surface area contributed by atoms with E-state index in [9.17, 15) is 4.79 Å². The van der Waals surface area contributed by atoms with Crippen molar-refractivity contribution in [2.75, 3.05) is 6.61 Å². The number of rotatable bonds is 5. The largest absolute Gasteiger partial charge is 0.461 e. The molecule has 92 valence electrons. The molecule has 17 heavy (non-hydrogen) atoms. The number of esters is 1. The van der Waals surface area contributed by atoms with Crippen LogP contribution in [0.1, 0.15) is 37.8 Å². The van der Waals surface area contributed by atoms with Crippen molar-refractivity contribution in [1.29, 1.82) is 0 Å². The molecule has 0 unspecified atom stereocenters. The molecule has 1 rings (SSSR count). The van der Waals surface area contributed by atoms with E-state index in [-0.39, 0.29) is 5.97 Å². The molecule has 0 saturated carbocycles. The first-order valence-corrected chi connectivity index (χ1v) is 6.01. The first-order chi connectivity index (χ1) is 8.11. The van der Waals surface area contributed by atoms with Gasteiger partial charge in [0.2, 0.25) is 0 Å². The SMILES string of the molecule is CCCC(=Cc1ccc(C)cc1)COC(C)=O. The Labute approximate surface area is 103 Å². The van der Waals surface area contributed by atoms with Gasteiger partial charge >= 0.3 is 5.97 Å². The summed E-state index contributed by atoms with van der Waals surface area (Å²) in [6.45, 7) is 6.03. The summed E-state index contributed by atoms with van der Waals surface area (Å²) in [5.74, 6) is -0.226. The molecule has 0 aliphatic heterocycles. The fourth-order valence-corrected chi connectivity index (χ4v) is 1.60. The number of carbonyl (C=O) groups excluding carboxylic acids is 1. The lowest BCUT2D eigenvalue weighted by Gasteiger charge is -2.07. The average Bonchev–Trinajstić information content (AvgIpc) is 2.29. The first kappa shape index (κ1) is 13.5. The van der Waals surface area contributed by atoms with Gasteiger partial charge in [-0.1, -0.05) is 49.2 Å². The van der Waals surface area contributed by atoms with Crippen molar-refractivity contribution in [2.45, 2.75) is 33.6 Å². The van der Waals surface area contributed by atoms with Gasteiger partial charge < -0.3 is 4.74 Å². The highest BCUT2D eigenvalue weighted by Crippen LogP contribution is 2.13. The van der Waals surface area contributed by atoms with E-state index >= 15 is 0 Å². The van der Waals surface area contributed by atoms with E-state index in [0.717, 1.165) is 24.0 Å². The van der Waals surface area contributed by atoms with Gasteiger partial charge in [0.1, 0.15) is 6.61 Å². The smallest absolute Gasteiger partial charge is 0.302 e. The lowest BCUT2D eigenvalue weighted by Crippen LogP contribution is -2.03. The molecule has 0 aliphatic rings. The lowest BCUT2D eigenvalue weighted by atomic mass is 10.1. The fraction of sp³-hybridized carbons (Fsp3) is 0.400. The van der Waals surface area contributed by atoms with E-state index in [2.05, 4.69) is 44.2 Å². The molecule has 2 nitrogen and oxygen atoms in total. The van der Waals surface area contributed by atoms with Crippen LogP contribution in [0.25, 0.3) is 6.08 Å². The maximum atomic E-state index is 10.8. The van der Waals surface area contributed by atoms with Crippen molar-refractivity contribution in [3.05, 3.63) is 41.0 Å². The highest BCUT2D eigenvalue weighted by atomic mass is 16.5. The number of hydrogen-bond donors (Lipinski definition) is 0. The van der Waals surface area contributed by atoms with Gasteiger partial charge in [0.25, 0.3) is 0 Å². The third-order valence-corrected chi connectivity index (χ3v) is 2.48. The molecule has 0 radical (unpaired) electrons. The number of ether oxygens (including phenoxy) is 1. The summed E-state index contributed by atoms with van der Waals surface area (Å²) in [4.78, 5) is 10.8. The van der Waals surface area contributed by atoms with Gasteiger partial charge in [0, 0.05) is 6.92 Å². The zero-order valence-corrected chi connectivity index (χ0v) is 10.8. The summed E-state index contributed by atoms with van der Waals surface area (Å²) in [5, 5.41) is 0. The van der Waals surface area contributed by atoms with E-state index in [1.165, 1.54) is 12.5 Å². The van der Waals surface area contributed by atoms with Crippen LogP contribution in [0.4, 0.5) is 0 Å². The molecule has 0 bridgehead atoms. The van der Waals surface area contributed by atoms with E-state index in [1.807, 2.05) is 0 Å². The standard InChI is InChI=1S/C15H20O2/c1-4-5-15(11-17-13(3)16)10-14-8-6-12(2)7-9-14/h6-10H,4-5,11H2,1-3H3. The molecule has 0 aliphatic carbocycles. The quantitative estimate of drug-likeness (QED) is 0.723. The first-order valence-electron chi connectivity index (χ1n) is 6.01. The van der Waals surface area contributed by atoms with Gasteiger partial charge in [-0.15, -0.1) is 0 Å². The minimum Gasteiger partial charge on any atom is -0.461 e. The van der Waals surface area contributed by atoms with Crippen molar-refractivity contribution >= 4 is 12.0 Å². The Balaban J connectivity index is 2.74. The number of benzene rings is 1. The predicted molar refractivity (Wildman–Crippen MR) is 70.7 cm³/mol. The second kappa shape index (κ2) is 6.89. The monoisotopic (exact) mass is 232 g/mol. The second-order valence-corrected chi connectivity index (χ2v) is 4.24. The highest BCUT2D eigenvalue weighted by molar-refractivity contribution is 5.66. The van der Waals surface area contributed by atoms with Crippen LogP contribution in [-0.2, 0) is 9.53 Å². The van der Waals surface area contributed by atoms with Gasteiger partial charge in [-0.25, -0.2) is 0 Å². The van der Waals surface area contributed by atoms with Gasteiger partial charge in [0.05, 0.1) is 0 Å². The van der Waals surface area contributed by atoms with Gasteiger partial charge in [-0.3, -0.25) is 4.79 Å². The zero-order valence-electron chi connectivity index (χ0n) is 10.8. The molecule has 0 aromatic heterocycles. The van der Waals surface area contributed by atoms with Crippen LogP contribution in [-0.4, -0.2) is 12.6 Å². The summed E-state index contributed by atoms with van der Waals surface area (Å²) in [6, 6.07) is 8.33. The molecule has 1 aromatic rings. The third-order valence-electron chi connectivity index (χ3n) is 2.48. The van der Waals surface area contributed by atoms with Gasteiger partial charge in [0.15, 0.2) is 0 Å². The van der Waals surface area contributed by atoms with Crippen LogP contribution in [0.2, 0.25) is 0 Å². The summed E-state index contributed by atoms with van der Waals surface area (Å²) in [7, 11) is 0. The fourth-order valence-electron chi connectivity index (χ4n) is 1.60. The summed E-state index contributed by atoms with van der Waals surface area (Å²) >= 11 is 0. The van der Waals surface area contributed by atoms with Crippen LogP contribution < -0.4 is 0 Å². The van der Waals surface area contributed by atoms with E-state index in [4.69, 9.17) is 4.74 Å². The Bertz CT molecular complexity index is 388. The maximum Gasteiger partial charge on any atom is 0.302 e. The van der Waals surface area contributed by atoms with Crippen LogP contribution >= 0.6 is 0 Å². The Morgan fingerprint density at radius 2 is 1.94 bits per heavy atom. The molecular formula is C15H20O2. The normalized spacial score (nSPS) is 11.4. The van der Waals surface area contributed by atoms with Crippen molar-refractivity contribution in [2.24, 2.45) is 0 Å². The molecule has 0 N–H and O–H groups in total. The van der Waals surface area contributed by atoms with Crippen molar-refractivity contribution in [3.63, 3.8) is 0 Å². The molecule has 0 atom stereocenters. The van der Waals surface area contributed by atoms with Crippen LogP contribution in [0.3, 0.4) is 0 Å². The highest BCUT2D eigenvalue weighted by Gasteiger charge is 2.00. The lowest BCUT2D eigenvalue weighted by molar-refractivity contribution is -0.140. The molecule has 1 aromatic carbocycles. The molecular weight excluding hydrogens is 212 g/mol. The topological polar surface area (TPSA) is 26.3 Å². The van der Waals surface area contributed by atoms with Crippen LogP contribution in [0.5, 0.6) is 0 Å². The van der Waals surface area contributed by atoms with Crippen molar-refractivity contribution in [1.82, 2.24) is 0 Å². The molecule has 2 heteroatoms. The Morgan fingerprint density at radius 1 is 1.29 bits per heavy atom. The molecule has 0 spiro atoms. The molecule has 0 saturated heterocycles. The van der Waals surface area contributed by atoms with Crippen LogP contribution in [0.15, 0.2) is 29.8 Å². The summed E-state index contributed by atoms with van der Waals surface area (Å²) in [5.41, 5.74) is 3.57. The Hall–Kier alpha value is -1.57. The summed E-state index contributed by atoms with van der Waals surface area (Å²) < 4.78 is 5.05. The molecule has 0 heterocycles. The number of carbonyl (C=O) groups is 1. The van der Waals surface area contributed by atoms with E-state index in [1.54, 1.807) is 0 Å². The minimum absolute atomic E-state index is 0.226. The Kier molecular flexibility index (Phi) is 5.47. The minimum atomic E-state index is -0.226. The Morgan fingerprint density at radius 3 is 2.47 bits per heavy atom. The van der Waals surface area contributed by atoms with Crippen LogP contribution in [0, 0.1) is 6.92 Å². The maximum absolute atomic E-state index is 10.8. The summed E-state index contributed by atoms with van der Waals surface area (Å²) in [6.07, 6.45) is 4.12. The third kappa shape index (κ3) is 5.34. The van der Waals surface area contributed by atoms with Crippen molar-refractivity contribution < 1.29 is 9.53 Å². The predicted octanol–water partition coefficient (Wildman–Crippen LogP) is 3.74. The van der Waals surface area contributed by atoms with E-state index < -0.39 is 0 Å². The van der Waals surface area contributed by atoms with Gasteiger partial charge in [-0.2, -0.15) is 0 Å². The number of aryl methyl sites for hydroxylation is 1. The number of hydrogen-bond acceptors (Lipinski definition) is 2.